The second-order valence-corrected chi connectivity index (χ2v) is 6.31. The van der Waals surface area contributed by atoms with Crippen LogP contribution in [0.1, 0.15) is 50.2 Å². The van der Waals surface area contributed by atoms with Crippen molar-refractivity contribution in [1.82, 2.24) is 4.90 Å². The smallest absolute Gasteiger partial charge is 0.0233 e. The maximum absolute atomic E-state index is 5.88. The predicted molar refractivity (Wildman–Crippen MR) is 82.2 cm³/mol. The zero-order chi connectivity index (χ0) is 13.8. The molecular formula is C17H28N2. The second kappa shape index (κ2) is 6.53. The molecule has 2 heteroatoms. The molecule has 1 fully saturated rings. The highest BCUT2D eigenvalue weighted by molar-refractivity contribution is 5.24. The van der Waals surface area contributed by atoms with E-state index in [1.165, 1.54) is 30.4 Å². The molecule has 0 aromatic heterocycles. The Labute approximate surface area is 118 Å². The molecular weight excluding hydrogens is 232 g/mol. The quantitative estimate of drug-likeness (QED) is 0.879. The SMILES string of the molecule is CC(C)c1ccc(CN(C)C2CCCC2CN)cc1. The summed E-state index contributed by atoms with van der Waals surface area (Å²) in [6, 6.07) is 9.76. The normalized spacial score (nSPS) is 23.5. The highest BCUT2D eigenvalue weighted by Crippen LogP contribution is 2.29. The first-order chi connectivity index (χ1) is 9.11. The lowest BCUT2D eigenvalue weighted by molar-refractivity contribution is 0.193. The molecule has 106 valence electrons. The number of nitrogens with two attached hydrogens (primary N) is 1. The molecule has 1 aliphatic rings. The minimum absolute atomic E-state index is 0.614. The molecule has 0 radical (unpaired) electrons. The lowest BCUT2D eigenvalue weighted by Gasteiger charge is -2.29. The molecule has 1 aliphatic carbocycles. The zero-order valence-electron chi connectivity index (χ0n) is 12.6. The van der Waals surface area contributed by atoms with E-state index >= 15 is 0 Å². The van der Waals surface area contributed by atoms with Crippen molar-refractivity contribution in [2.75, 3.05) is 13.6 Å². The Kier molecular flexibility index (Phi) is 5.00. The average Bonchev–Trinajstić information content (AvgIpc) is 2.87. The topological polar surface area (TPSA) is 29.3 Å². The maximum Gasteiger partial charge on any atom is 0.0233 e. The molecule has 2 unspecified atom stereocenters. The summed E-state index contributed by atoms with van der Waals surface area (Å²) in [4.78, 5) is 2.49. The van der Waals surface area contributed by atoms with Crippen molar-refractivity contribution in [2.24, 2.45) is 11.7 Å². The molecule has 19 heavy (non-hydrogen) atoms. The van der Waals surface area contributed by atoms with Crippen LogP contribution in [0.3, 0.4) is 0 Å². The van der Waals surface area contributed by atoms with Gasteiger partial charge in [-0.3, -0.25) is 4.90 Å². The molecule has 2 atom stereocenters. The Morgan fingerprint density at radius 2 is 1.89 bits per heavy atom. The van der Waals surface area contributed by atoms with Gasteiger partial charge in [0.2, 0.25) is 0 Å². The highest BCUT2D eigenvalue weighted by Gasteiger charge is 2.29. The van der Waals surface area contributed by atoms with Crippen molar-refractivity contribution >= 4 is 0 Å². The standard InChI is InChI=1S/C17H28N2/c1-13(2)15-9-7-14(8-10-15)12-19(3)17-6-4-5-16(17)11-18/h7-10,13,16-17H,4-6,11-12,18H2,1-3H3. The molecule has 0 saturated heterocycles. The summed E-state index contributed by atoms with van der Waals surface area (Å²) in [5, 5.41) is 0. The van der Waals surface area contributed by atoms with Crippen molar-refractivity contribution in [3.8, 4) is 0 Å². The molecule has 2 N–H and O–H groups in total. The largest absolute Gasteiger partial charge is 0.330 e. The Morgan fingerprint density at radius 1 is 1.21 bits per heavy atom. The third-order valence-electron chi connectivity index (χ3n) is 4.57. The molecule has 0 aliphatic heterocycles. The summed E-state index contributed by atoms with van der Waals surface area (Å²) < 4.78 is 0. The molecule has 0 amide bonds. The van der Waals surface area contributed by atoms with Gasteiger partial charge in [-0.25, -0.2) is 0 Å². The van der Waals surface area contributed by atoms with Crippen LogP contribution in [0.25, 0.3) is 0 Å². The lowest BCUT2D eigenvalue weighted by Crippen LogP contribution is -2.37. The number of hydrogen-bond acceptors (Lipinski definition) is 2. The van der Waals surface area contributed by atoms with Gasteiger partial charge in [0.1, 0.15) is 0 Å². The number of rotatable bonds is 5. The fourth-order valence-electron chi connectivity index (χ4n) is 3.29. The molecule has 1 saturated carbocycles. The first kappa shape index (κ1) is 14.5. The van der Waals surface area contributed by atoms with Gasteiger partial charge >= 0.3 is 0 Å². The third-order valence-corrected chi connectivity index (χ3v) is 4.57. The average molecular weight is 260 g/mol. The fourth-order valence-corrected chi connectivity index (χ4v) is 3.29. The number of hydrogen-bond donors (Lipinski definition) is 1. The highest BCUT2D eigenvalue weighted by atomic mass is 15.1. The molecule has 0 bridgehead atoms. The monoisotopic (exact) mass is 260 g/mol. The second-order valence-electron chi connectivity index (χ2n) is 6.31. The summed E-state index contributed by atoms with van der Waals surface area (Å²) in [6.45, 7) is 6.36. The minimum atomic E-state index is 0.614. The third kappa shape index (κ3) is 3.58. The van der Waals surface area contributed by atoms with Crippen LogP contribution in [0, 0.1) is 5.92 Å². The summed E-state index contributed by atoms with van der Waals surface area (Å²) in [5.74, 6) is 1.31. The lowest BCUT2D eigenvalue weighted by atomic mass is 10.00. The van der Waals surface area contributed by atoms with Crippen molar-refractivity contribution in [3.63, 3.8) is 0 Å². The van der Waals surface area contributed by atoms with Crippen molar-refractivity contribution in [2.45, 2.75) is 51.6 Å². The maximum atomic E-state index is 5.88. The van der Waals surface area contributed by atoms with Crippen LogP contribution in [0.5, 0.6) is 0 Å². The van der Waals surface area contributed by atoms with Crippen LogP contribution in [-0.4, -0.2) is 24.5 Å². The van der Waals surface area contributed by atoms with E-state index in [2.05, 4.69) is 50.1 Å². The van der Waals surface area contributed by atoms with E-state index in [4.69, 9.17) is 5.73 Å². The van der Waals surface area contributed by atoms with Crippen molar-refractivity contribution < 1.29 is 0 Å². The molecule has 2 nitrogen and oxygen atoms in total. The van der Waals surface area contributed by atoms with Gasteiger partial charge in [0, 0.05) is 12.6 Å². The van der Waals surface area contributed by atoms with Crippen LogP contribution in [0.2, 0.25) is 0 Å². The number of benzene rings is 1. The summed E-state index contributed by atoms with van der Waals surface area (Å²) in [5.41, 5.74) is 8.72. The minimum Gasteiger partial charge on any atom is -0.330 e. The first-order valence-corrected chi connectivity index (χ1v) is 7.61. The van der Waals surface area contributed by atoms with Gasteiger partial charge in [-0.1, -0.05) is 44.5 Å². The van der Waals surface area contributed by atoms with Crippen LogP contribution < -0.4 is 5.73 Å². The molecule has 2 rings (SSSR count). The Hall–Kier alpha value is -0.860. The van der Waals surface area contributed by atoms with E-state index in [1.807, 2.05) is 0 Å². The molecule has 0 heterocycles. The van der Waals surface area contributed by atoms with Crippen LogP contribution >= 0.6 is 0 Å². The first-order valence-electron chi connectivity index (χ1n) is 7.61. The summed E-state index contributed by atoms with van der Waals surface area (Å²) in [7, 11) is 2.25. The van der Waals surface area contributed by atoms with E-state index in [-0.39, 0.29) is 0 Å². The zero-order valence-corrected chi connectivity index (χ0v) is 12.6. The van der Waals surface area contributed by atoms with Crippen LogP contribution in [0.15, 0.2) is 24.3 Å². The van der Waals surface area contributed by atoms with Crippen molar-refractivity contribution in [1.29, 1.82) is 0 Å². The number of nitrogens with zero attached hydrogens (tertiary/aromatic N) is 1. The fraction of sp³-hybridized carbons (Fsp3) is 0.647. The van der Waals surface area contributed by atoms with Crippen LogP contribution in [-0.2, 0) is 6.54 Å². The van der Waals surface area contributed by atoms with E-state index in [1.54, 1.807) is 0 Å². The Bertz CT molecular complexity index is 383. The van der Waals surface area contributed by atoms with Crippen molar-refractivity contribution in [3.05, 3.63) is 35.4 Å². The molecule has 1 aromatic carbocycles. The van der Waals surface area contributed by atoms with Gasteiger partial charge in [-0.2, -0.15) is 0 Å². The van der Waals surface area contributed by atoms with E-state index < -0.39 is 0 Å². The Balaban J connectivity index is 1.96. The van der Waals surface area contributed by atoms with Gasteiger partial charge in [0.15, 0.2) is 0 Å². The van der Waals surface area contributed by atoms with Gasteiger partial charge in [0.25, 0.3) is 0 Å². The van der Waals surface area contributed by atoms with Gasteiger partial charge in [-0.05, 0) is 49.4 Å². The van der Waals surface area contributed by atoms with Gasteiger partial charge < -0.3 is 5.73 Å². The Morgan fingerprint density at radius 3 is 2.47 bits per heavy atom. The van der Waals surface area contributed by atoms with E-state index in [0.717, 1.165) is 13.1 Å². The summed E-state index contributed by atoms with van der Waals surface area (Å²) in [6.07, 6.45) is 3.95. The van der Waals surface area contributed by atoms with Gasteiger partial charge in [0.05, 0.1) is 0 Å². The van der Waals surface area contributed by atoms with E-state index in [9.17, 15) is 0 Å². The molecule has 0 spiro atoms. The van der Waals surface area contributed by atoms with E-state index in [0.29, 0.717) is 17.9 Å². The van der Waals surface area contributed by atoms with Gasteiger partial charge in [-0.15, -0.1) is 0 Å². The summed E-state index contributed by atoms with van der Waals surface area (Å²) >= 11 is 0. The predicted octanol–water partition coefficient (Wildman–Crippen LogP) is 3.37. The van der Waals surface area contributed by atoms with Crippen LogP contribution in [0.4, 0.5) is 0 Å². The molecule has 1 aromatic rings.